The van der Waals surface area contributed by atoms with Crippen LogP contribution in [0, 0.1) is 0 Å². The molecule has 10 aromatic carbocycles. The molecule has 3 heteroatoms. The Balaban J connectivity index is 1.12. The SMILES string of the molecule is c1ccc(-c2ccc3c4c(cccc24)C2(c4ccccc4Oc4ccccc42)c2cc(N(c4ccccc4)c4ccc5c6ccccc6n(-c6ccccc6)c5c4)ccc2-3)cc1. The van der Waals surface area contributed by atoms with Crippen LogP contribution in [0.5, 0.6) is 11.5 Å². The van der Waals surface area contributed by atoms with Gasteiger partial charge in [-0.25, -0.2) is 0 Å². The van der Waals surface area contributed by atoms with Gasteiger partial charge in [0.1, 0.15) is 11.5 Å². The van der Waals surface area contributed by atoms with Crippen molar-refractivity contribution in [3.05, 3.63) is 253 Å². The molecule has 1 aliphatic heterocycles. The Morgan fingerprint density at radius 1 is 0.355 bits per heavy atom. The Morgan fingerprint density at radius 3 is 1.69 bits per heavy atom. The summed E-state index contributed by atoms with van der Waals surface area (Å²) in [5, 5.41) is 4.98. The molecule has 0 unspecified atom stereocenters. The lowest BCUT2D eigenvalue weighted by atomic mass is 9.58. The standard InChI is InChI=1S/C59H38N2O/c1-4-17-39(18-5-1)44-35-36-49-45-33-31-42(37-53(45)59(52-27-16-24-48(44)58(49)52)50-25-11-14-29-56(50)62-57-30-15-12-26-51(57)59)60(40-19-6-2-7-20-40)43-32-34-47-46-23-10-13-28-54(46)61(55(47)38-43)41-21-8-3-9-22-41/h1-38H. The lowest BCUT2D eigenvalue weighted by Crippen LogP contribution is -2.36. The van der Waals surface area contributed by atoms with E-state index in [1.165, 1.54) is 60.4 Å². The van der Waals surface area contributed by atoms with E-state index in [1.54, 1.807) is 0 Å². The van der Waals surface area contributed by atoms with Crippen LogP contribution in [0.1, 0.15) is 22.3 Å². The molecular weight excluding hydrogens is 753 g/mol. The maximum atomic E-state index is 6.81. The van der Waals surface area contributed by atoms with Gasteiger partial charge >= 0.3 is 0 Å². The third-order valence-corrected chi connectivity index (χ3v) is 13.2. The Bertz CT molecular complexity index is 3510. The average molecular weight is 791 g/mol. The molecular formula is C59H38N2O. The van der Waals surface area contributed by atoms with E-state index in [1.807, 2.05) is 0 Å². The monoisotopic (exact) mass is 790 g/mol. The molecule has 62 heavy (non-hydrogen) atoms. The van der Waals surface area contributed by atoms with Crippen LogP contribution in [0.15, 0.2) is 231 Å². The summed E-state index contributed by atoms with van der Waals surface area (Å²) in [5.74, 6) is 1.75. The summed E-state index contributed by atoms with van der Waals surface area (Å²) in [4.78, 5) is 2.42. The Kier molecular flexibility index (Phi) is 7.52. The summed E-state index contributed by atoms with van der Waals surface area (Å²) in [5.41, 5.74) is 15.7. The number of nitrogens with zero attached hydrogens (tertiary/aromatic N) is 2. The zero-order valence-corrected chi connectivity index (χ0v) is 33.7. The number of hydrogen-bond donors (Lipinski definition) is 0. The minimum atomic E-state index is -0.690. The molecule has 3 nitrogen and oxygen atoms in total. The average Bonchev–Trinajstić information content (AvgIpc) is 3.67. The Hall–Kier alpha value is -8.14. The summed E-state index contributed by atoms with van der Waals surface area (Å²) in [6.07, 6.45) is 0. The highest BCUT2D eigenvalue weighted by molar-refractivity contribution is 6.12. The van der Waals surface area contributed by atoms with E-state index in [4.69, 9.17) is 4.74 Å². The van der Waals surface area contributed by atoms with Crippen LogP contribution in [-0.4, -0.2) is 4.57 Å². The predicted molar refractivity (Wildman–Crippen MR) is 256 cm³/mol. The molecule has 290 valence electrons. The van der Waals surface area contributed by atoms with Crippen LogP contribution < -0.4 is 9.64 Å². The molecule has 2 heterocycles. The highest BCUT2D eigenvalue weighted by atomic mass is 16.5. The van der Waals surface area contributed by atoms with Crippen LogP contribution in [0.3, 0.4) is 0 Å². The van der Waals surface area contributed by atoms with E-state index in [9.17, 15) is 0 Å². The van der Waals surface area contributed by atoms with Crippen LogP contribution in [-0.2, 0) is 5.41 Å². The highest BCUT2D eigenvalue weighted by Crippen LogP contribution is 2.62. The van der Waals surface area contributed by atoms with Gasteiger partial charge in [-0.15, -0.1) is 0 Å². The number of ether oxygens (including phenoxy) is 1. The van der Waals surface area contributed by atoms with E-state index in [0.29, 0.717) is 0 Å². The number of benzene rings is 10. The molecule has 11 aromatic rings. The van der Waals surface area contributed by atoms with Gasteiger partial charge in [-0.1, -0.05) is 164 Å². The fraction of sp³-hybridized carbons (Fsp3) is 0.0169. The zero-order valence-electron chi connectivity index (χ0n) is 33.7. The molecule has 0 fully saturated rings. The molecule has 0 bridgehead atoms. The Morgan fingerprint density at radius 2 is 0.919 bits per heavy atom. The van der Waals surface area contributed by atoms with Crippen molar-refractivity contribution in [3.63, 3.8) is 0 Å². The second-order valence-electron chi connectivity index (χ2n) is 16.4. The normalized spacial score (nSPS) is 13.1. The van der Waals surface area contributed by atoms with Crippen molar-refractivity contribution in [1.29, 1.82) is 0 Å². The first-order valence-electron chi connectivity index (χ1n) is 21.3. The second kappa shape index (κ2) is 13.4. The summed E-state index contributed by atoms with van der Waals surface area (Å²) >= 11 is 0. The first-order chi connectivity index (χ1) is 30.8. The number of rotatable bonds is 5. The number of aromatic nitrogens is 1. The number of para-hydroxylation sites is 5. The number of hydrogen-bond acceptors (Lipinski definition) is 2. The van der Waals surface area contributed by atoms with Crippen molar-refractivity contribution in [2.75, 3.05) is 4.90 Å². The fourth-order valence-electron chi connectivity index (χ4n) is 10.7. The van der Waals surface area contributed by atoms with E-state index < -0.39 is 5.41 Å². The first-order valence-corrected chi connectivity index (χ1v) is 21.3. The zero-order chi connectivity index (χ0) is 40.8. The van der Waals surface area contributed by atoms with E-state index >= 15 is 0 Å². The van der Waals surface area contributed by atoms with Gasteiger partial charge in [0.15, 0.2) is 0 Å². The highest BCUT2D eigenvalue weighted by Gasteiger charge is 2.49. The molecule has 1 aliphatic carbocycles. The van der Waals surface area contributed by atoms with E-state index in [0.717, 1.165) is 50.9 Å². The van der Waals surface area contributed by atoms with E-state index in [2.05, 4.69) is 240 Å². The van der Waals surface area contributed by atoms with Gasteiger partial charge in [0.05, 0.1) is 16.4 Å². The fourth-order valence-corrected chi connectivity index (χ4v) is 10.7. The molecule has 0 saturated heterocycles. The molecule has 0 atom stereocenters. The molecule has 0 amide bonds. The molecule has 13 rings (SSSR count). The van der Waals surface area contributed by atoms with Crippen molar-refractivity contribution in [1.82, 2.24) is 4.57 Å². The maximum Gasteiger partial charge on any atom is 0.132 e. The van der Waals surface area contributed by atoms with Crippen LogP contribution in [0.4, 0.5) is 17.1 Å². The minimum absolute atomic E-state index is 0.690. The van der Waals surface area contributed by atoms with Crippen molar-refractivity contribution in [2.45, 2.75) is 5.41 Å². The third kappa shape index (κ3) is 4.88. The van der Waals surface area contributed by atoms with Gasteiger partial charge in [0.25, 0.3) is 0 Å². The van der Waals surface area contributed by atoms with Gasteiger partial charge in [-0.3, -0.25) is 0 Å². The number of fused-ring (bicyclic) bond motifs is 11. The molecule has 0 N–H and O–H groups in total. The summed E-state index contributed by atoms with van der Waals surface area (Å²) in [6.45, 7) is 0. The van der Waals surface area contributed by atoms with Crippen LogP contribution in [0.2, 0.25) is 0 Å². The van der Waals surface area contributed by atoms with Crippen molar-refractivity contribution < 1.29 is 4.74 Å². The predicted octanol–water partition coefficient (Wildman–Crippen LogP) is 15.5. The molecule has 1 aromatic heterocycles. The van der Waals surface area contributed by atoms with Gasteiger partial charge in [0, 0.05) is 44.6 Å². The minimum Gasteiger partial charge on any atom is -0.457 e. The van der Waals surface area contributed by atoms with Gasteiger partial charge in [0.2, 0.25) is 0 Å². The maximum absolute atomic E-state index is 6.81. The summed E-state index contributed by atoms with van der Waals surface area (Å²) in [6, 6.07) is 84.0. The second-order valence-corrected chi connectivity index (χ2v) is 16.4. The van der Waals surface area contributed by atoms with Gasteiger partial charge < -0.3 is 14.2 Å². The van der Waals surface area contributed by atoms with Gasteiger partial charge in [-0.2, -0.15) is 0 Å². The van der Waals surface area contributed by atoms with Crippen molar-refractivity contribution in [2.24, 2.45) is 0 Å². The molecule has 0 saturated carbocycles. The van der Waals surface area contributed by atoms with E-state index in [-0.39, 0.29) is 0 Å². The lowest BCUT2D eigenvalue weighted by molar-refractivity contribution is 0.435. The quantitative estimate of drug-likeness (QED) is 0.173. The van der Waals surface area contributed by atoms with Crippen LogP contribution in [0.25, 0.3) is 60.5 Å². The van der Waals surface area contributed by atoms with Crippen molar-refractivity contribution in [3.8, 4) is 39.4 Å². The molecule has 2 aliphatic rings. The lowest BCUT2D eigenvalue weighted by Gasteiger charge is -2.45. The smallest absolute Gasteiger partial charge is 0.132 e. The third-order valence-electron chi connectivity index (χ3n) is 13.2. The van der Waals surface area contributed by atoms with Gasteiger partial charge in [-0.05, 0) is 111 Å². The number of anilines is 3. The Labute approximate surface area is 360 Å². The van der Waals surface area contributed by atoms with Crippen molar-refractivity contribution >= 4 is 49.6 Å². The summed E-state index contributed by atoms with van der Waals surface area (Å²) in [7, 11) is 0. The summed E-state index contributed by atoms with van der Waals surface area (Å²) < 4.78 is 9.21. The first kappa shape index (κ1) is 34.7. The molecule has 1 spiro atoms. The topological polar surface area (TPSA) is 17.4 Å². The largest absolute Gasteiger partial charge is 0.457 e. The molecule has 0 radical (unpaired) electrons. The van der Waals surface area contributed by atoms with Crippen LogP contribution >= 0.6 is 0 Å².